The zero-order valence-electron chi connectivity index (χ0n) is 16.6. The molecule has 0 saturated carbocycles. The molecule has 1 N–H and O–H groups in total. The molecule has 0 unspecified atom stereocenters. The van der Waals surface area contributed by atoms with Crippen molar-refractivity contribution >= 4 is 11.6 Å². The van der Waals surface area contributed by atoms with Crippen LogP contribution in [-0.2, 0) is 0 Å². The number of tetrazole rings is 1. The minimum absolute atomic E-state index is 0.251. The van der Waals surface area contributed by atoms with E-state index in [1.165, 1.54) is 0 Å². The van der Waals surface area contributed by atoms with Gasteiger partial charge in [-0.25, -0.2) is 0 Å². The maximum absolute atomic E-state index is 6.54. The third-order valence-electron chi connectivity index (χ3n) is 5.68. The average molecular weight is 410 g/mol. The van der Waals surface area contributed by atoms with Gasteiger partial charge in [0.2, 0.25) is 5.95 Å². The van der Waals surface area contributed by atoms with Crippen LogP contribution in [0.2, 0.25) is 0 Å². The number of benzene rings is 2. The molecule has 2 aliphatic rings. The van der Waals surface area contributed by atoms with Crippen LogP contribution >= 0.6 is 0 Å². The summed E-state index contributed by atoms with van der Waals surface area (Å²) in [4.78, 5) is 4.17. The lowest BCUT2D eigenvalue weighted by atomic mass is 9.85. The molecule has 0 spiro atoms. The number of methoxy groups -OCH3 is 1. The van der Waals surface area contributed by atoms with Crippen LogP contribution in [-0.4, -0.2) is 32.3 Å². The van der Waals surface area contributed by atoms with Crippen LogP contribution in [0.3, 0.4) is 0 Å². The van der Waals surface area contributed by atoms with Crippen LogP contribution in [0.15, 0.2) is 78.6 Å². The van der Waals surface area contributed by atoms with E-state index < -0.39 is 0 Å². The zero-order valence-corrected chi connectivity index (χ0v) is 16.6. The predicted octanol–water partition coefficient (Wildman–Crippen LogP) is 3.64. The SMILES string of the molecule is COc1ccc([C@@H]2C3=C(Nc4nnnn42)c2ccccc2O[C@H]3c2ccncc2)cc1. The van der Waals surface area contributed by atoms with Gasteiger partial charge in [0.1, 0.15) is 23.6 Å². The molecule has 0 fully saturated rings. The van der Waals surface area contributed by atoms with Crippen molar-refractivity contribution < 1.29 is 9.47 Å². The molecule has 2 aromatic carbocycles. The first kappa shape index (κ1) is 17.6. The minimum atomic E-state index is -0.329. The van der Waals surface area contributed by atoms with Crippen molar-refractivity contribution in [3.05, 3.63) is 95.3 Å². The van der Waals surface area contributed by atoms with Gasteiger partial charge in [-0.2, -0.15) is 4.68 Å². The fourth-order valence-electron chi connectivity index (χ4n) is 4.26. The Morgan fingerprint density at radius 1 is 0.968 bits per heavy atom. The Bertz CT molecular complexity index is 1280. The van der Waals surface area contributed by atoms with E-state index in [1.54, 1.807) is 24.2 Å². The number of nitrogens with one attached hydrogen (secondary N) is 1. The monoisotopic (exact) mass is 410 g/mol. The third-order valence-corrected chi connectivity index (χ3v) is 5.68. The Morgan fingerprint density at radius 3 is 2.58 bits per heavy atom. The van der Waals surface area contributed by atoms with E-state index in [0.29, 0.717) is 5.95 Å². The Balaban J connectivity index is 1.61. The Morgan fingerprint density at radius 2 is 1.77 bits per heavy atom. The van der Waals surface area contributed by atoms with Crippen molar-refractivity contribution in [1.82, 2.24) is 25.2 Å². The number of hydrogen-bond acceptors (Lipinski definition) is 7. The van der Waals surface area contributed by atoms with E-state index >= 15 is 0 Å². The molecule has 8 heteroatoms. The lowest BCUT2D eigenvalue weighted by Crippen LogP contribution is -2.32. The van der Waals surface area contributed by atoms with Gasteiger partial charge in [0.05, 0.1) is 12.8 Å². The molecule has 31 heavy (non-hydrogen) atoms. The molecule has 0 radical (unpaired) electrons. The molecule has 4 aromatic rings. The summed E-state index contributed by atoms with van der Waals surface area (Å²) in [5.41, 5.74) is 5.02. The van der Waals surface area contributed by atoms with Gasteiger partial charge in [0.15, 0.2) is 0 Å². The summed E-state index contributed by atoms with van der Waals surface area (Å²) in [5.74, 6) is 2.19. The summed E-state index contributed by atoms with van der Waals surface area (Å²) < 4.78 is 13.7. The fraction of sp³-hybridized carbons (Fsp3) is 0.130. The highest BCUT2D eigenvalue weighted by Gasteiger charge is 2.41. The zero-order chi connectivity index (χ0) is 20.8. The normalized spacial score (nSPS) is 18.9. The summed E-state index contributed by atoms with van der Waals surface area (Å²) in [6.07, 6.45) is 3.23. The molecule has 2 atom stereocenters. The second-order valence-electron chi connectivity index (χ2n) is 7.35. The number of para-hydroxylation sites is 1. The van der Waals surface area contributed by atoms with Crippen molar-refractivity contribution in [2.75, 3.05) is 12.4 Å². The molecular weight excluding hydrogens is 392 g/mol. The summed E-state index contributed by atoms with van der Waals surface area (Å²) in [6, 6.07) is 19.7. The molecule has 8 nitrogen and oxygen atoms in total. The smallest absolute Gasteiger partial charge is 0.248 e. The van der Waals surface area contributed by atoms with Crippen molar-refractivity contribution in [1.29, 1.82) is 0 Å². The van der Waals surface area contributed by atoms with Gasteiger partial charge in [0.25, 0.3) is 0 Å². The molecule has 4 heterocycles. The largest absolute Gasteiger partial charge is 0.497 e. The Kier molecular flexibility index (Phi) is 3.95. The fourth-order valence-corrected chi connectivity index (χ4v) is 4.26. The minimum Gasteiger partial charge on any atom is -0.497 e. The number of hydrogen-bond donors (Lipinski definition) is 1. The lowest BCUT2D eigenvalue weighted by molar-refractivity contribution is 0.222. The number of rotatable bonds is 3. The lowest BCUT2D eigenvalue weighted by Gasteiger charge is -2.38. The van der Waals surface area contributed by atoms with Gasteiger partial charge in [-0.15, -0.1) is 0 Å². The molecule has 6 rings (SSSR count). The van der Waals surface area contributed by atoms with E-state index in [4.69, 9.17) is 9.47 Å². The quantitative estimate of drug-likeness (QED) is 0.552. The van der Waals surface area contributed by atoms with Gasteiger partial charge >= 0.3 is 0 Å². The molecule has 2 aromatic heterocycles. The second-order valence-corrected chi connectivity index (χ2v) is 7.35. The number of aromatic nitrogens is 5. The van der Waals surface area contributed by atoms with Gasteiger partial charge in [-0.3, -0.25) is 4.98 Å². The van der Waals surface area contributed by atoms with Crippen LogP contribution in [0.5, 0.6) is 11.5 Å². The van der Waals surface area contributed by atoms with E-state index in [1.807, 2.05) is 60.7 Å². The first-order chi connectivity index (χ1) is 15.3. The molecule has 0 aliphatic carbocycles. The van der Waals surface area contributed by atoms with Crippen molar-refractivity contribution in [2.24, 2.45) is 0 Å². The van der Waals surface area contributed by atoms with Crippen molar-refractivity contribution in [3.63, 3.8) is 0 Å². The first-order valence-electron chi connectivity index (χ1n) is 9.92. The van der Waals surface area contributed by atoms with Crippen LogP contribution in [0.25, 0.3) is 5.70 Å². The summed E-state index contributed by atoms with van der Waals surface area (Å²) in [7, 11) is 1.66. The maximum atomic E-state index is 6.54. The number of fused-ring (bicyclic) bond motifs is 3. The van der Waals surface area contributed by atoms with E-state index in [0.717, 1.165) is 39.5 Å². The average Bonchev–Trinajstić information content (AvgIpc) is 3.31. The summed E-state index contributed by atoms with van der Waals surface area (Å²) in [6.45, 7) is 0. The Hall–Kier alpha value is -4.20. The highest BCUT2D eigenvalue weighted by Crippen LogP contribution is 2.50. The molecule has 0 amide bonds. The standard InChI is InChI=1S/C23H18N6O2/c1-30-16-8-6-14(7-9-16)21-19-20(25-23-26-27-28-29(21)23)17-4-2-3-5-18(17)31-22(19)15-10-12-24-13-11-15/h2-13,21-22H,1H3,(H,25,26,28)/t21-,22+/m1/s1. The predicted molar refractivity (Wildman–Crippen MR) is 114 cm³/mol. The number of nitrogens with zero attached hydrogens (tertiary/aromatic N) is 5. The molecule has 2 aliphatic heterocycles. The topological polar surface area (TPSA) is 87.0 Å². The molecule has 152 valence electrons. The summed E-state index contributed by atoms with van der Waals surface area (Å²) in [5, 5.41) is 15.9. The van der Waals surface area contributed by atoms with Crippen LogP contribution in [0.1, 0.15) is 28.8 Å². The van der Waals surface area contributed by atoms with Gasteiger partial charge < -0.3 is 14.8 Å². The highest BCUT2D eigenvalue weighted by atomic mass is 16.5. The first-order valence-corrected chi connectivity index (χ1v) is 9.92. The van der Waals surface area contributed by atoms with Gasteiger partial charge in [-0.1, -0.05) is 29.4 Å². The van der Waals surface area contributed by atoms with E-state index in [9.17, 15) is 0 Å². The number of anilines is 1. The Labute approximate surface area is 178 Å². The van der Waals surface area contributed by atoms with Gasteiger partial charge in [0, 0.05) is 23.5 Å². The van der Waals surface area contributed by atoms with Gasteiger partial charge in [-0.05, 0) is 58.0 Å². The molecular formula is C23H18N6O2. The van der Waals surface area contributed by atoms with Crippen LogP contribution in [0, 0.1) is 0 Å². The third kappa shape index (κ3) is 2.76. The second kappa shape index (κ2) is 6.94. The molecule has 0 bridgehead atoms. The van der Waals surface area contributed by atoms with Crippen LogP contribution in [0.4, 0.5) is 5.95 Å². The number of ether oxygens (including phenoxy) is 2. The van der Waals surface area contributed by atoms with E-state index in [-0.39, 0.29) is 12.1 Å². The highest BCUT2D eigenvalue weighted by molar-refractivity contribution is 5.85. The van der Waals surface area contributed by atoms with E-state index in [2.05, 4.69) is 25.8 Å². The maximum Gasteiger partial charge on any atom is 0.248 e. The van der Waals surface area contributed by atoms with Crippen molar-refractivity contribution in [3.8, 4) is 11.5 Å². The summed E-state index contributed by atoms with van der Waals surface area (Å²) >= 11 is 0. The van der Waals surface area contributed by atoms with Crippen molar-refractivity contribution in [2.45, 2.75) is 12.1 Å². The molecule has 0 saturated heterocycles. The van der Waals surface area contributed by atoms with Crippen LogP contribution < -0.4 is 14.8 Å². The number of pyridine rings is 1.